The lowest BCUT2D eigenvalue weighted by molar-refractivity contribution is -0.139. The Labute approximate surface area is 138 Å². The molecule has 4 nitrogen and oxygen atoms in total. The van der Waals surface area contributed by atoms with Crippen LogP contribution in [0.5, 0.6) is 5.75 Å². The molecule has 3 atom stereocenters. The number of hydrogen-bond acceptors (Lipinski definition) is 3. The molecule has 0 bridgehead atoms. The predicted octanol–water partition coefficient (Wildman–Crippen LogP) is 2.94. The molecule has 0 radical (unpaired) electrons. The van der Waals surface area contributed by atoms with Crippen LogP contribution in [0, 0.1) is 11.7 Å². The van der Waals surface area contributed by atoms with Crippen LogP contribution in [0.2, 0.25) is 0 Å². The van der Waals surface area contributed by atoms with E-state index in [4.69, 9.17) is 10.5 Å². The topological polar surface area (TPSA) is 55.6 Å². The van der Waals surface area contributed by atoms with Crippen molar-refractivity contribution in [1.82, 2.24) is 4.90 Å². The Kier molecular flexibility index (Phi) is 5.81. The summed E-state index contributed by atoms with van der Waals surface area (Å²) >= 11 is 3.24. The van der Waals surface area contributed by atoms with Gasteiger partial charge in [-0.1, -0.05) is 0 Å². The lowest BCUT2D eigenvalue weighted by atomic mass is 9.92. The lowest BCUT2D eigenvalue weighted by Crippen LogP contribution is -2.48. The monoisotopic (exact) mass is 372 g/mol. The molecule has 1 aromatic rings. The molecule has 0 aliphatic carbocycles. The predicted molar refractivity (Wildman–Crippen MR) is 87.1 cm³/mol. The van der Waals surface area contributed by atoms with Crippen LogP contribution in [0.15, 0.2) is 22.7 Å². The van der Waals surface area contributed by atoms with Crippen LogP contribution < -0.4 is 10.5 Å². The van der Waals surface area contributed by atoms with E-state index in [1.54, 1.807) is 6.92 Å². The molecule has 6 heteroatoms. The highest BCUT2D eigenvalue weighted by Crippen LogP contribution is 2.27. The molecule has 2 N–H and O–H groups in total. The van der Waals surface area contributed by atoms with Gasteiger partial charge in [-0.05, 0) is 66.7 Å². The smallest absolute Gasteiger partial charge is 0.263 e. The number of ether oxygens (including phenoxy) is 1. The van der Waals surface area contributed by atoms with Crippen molar-refractivity contribution in [3.63, 3.8) is 0 Å². The van der Waals surface area contributed by atoms with Crippen LogP contribution >= 0.6 is 15.9 Å². The van der Waals surface area contributed by atoms with E-state index in [0.29, 0.717) is 22.7 Å². The summed E-state index contributed by atoms with van der Waals surface area (Å²) in [6.45, 7) is 5.11. The maximum absolute atomic E-state index is 13.1. The van der Waals surface area contributed by atoms with Gasteiger partial charge in [0.1, 0.15) is 11.6 Å². The van der Waals surface area contributed by atoms with Gasteiger partial charge in [0.15, 0.2) is 6.10 Å². The largest absolute Gasteiger partial charge is 0.480 e. The Morgan fingerprint density at radius 3 is 2.86 bits per heavy atom. The summed E-state index contributed by atoms with van der Waals surface area (Å²) in [5.41, 5.74) is 5.95. The zero-order chi connectivity index (χ0) is 16.3. The average molecular weight is 373 g/mol. The number of amides is 1. The fourth-order valence-electron chi connectivity index (χ4n) is 2.71. The second-order valence-corrected chi connectivity index (χ2v) is 6.73. The molecule has 1 aromatic carbocycles. The Morgan fingerprint density at radius 2 is 2.23 bits per heavy atom. The molecule has 1 fully saturated rings. The van der Waals surface area contributed by atoms with Crippen molar-refractivity contribution in [2.24, 2.45) is 11.7 Å². The van der Waals surface area contributed by atoms with Crippen molar-refractivity contribution in [1.29, 1.82) is 0 Å². The fourth-order valence-corrected chi connectivity index (χ4v) is 3.15. The number of likely N-dealkylation sites (tertiary alicyclic amines) is 1. The van der Waals surface area contributed by atoms with E-state index in [1.807, 2.05) is 11.8 Å². The van der Waals surface area contributed by atoms with Crippen LogP contribution in [0.25, 0.3) is 0 Å². The maximum Gasteiger partial charge on any atom is 0.263 e. The molecule has 1 heterocycles. The summed E-state index contributed by atoms with van der Waals surface area (Å²) in [4.78, 5) is 14.3. The average Bonchev–Trinajstić information content (AvgIpc) is 2.49. The normalized spacial score (nSPS) is 21.3. The van der Waals surface area contributed by atoms with E-state index in [1.165, 1.54) is 18.2 Å². The minimum Gasteiger partial charge on any atom is -0.480 e. The quantitative estimate of drug-likeness (QED) is 0.883. The van der Waals surface area contributed by atoms with E-state index in [0.717, 1.165) is 19.4 Å². The van der Waals surface area contributed by atoms with Gasteiger partial charge < -0.3 is 15.4 Å². The van der Waals surface area contributed by atoms with Crippen LogP contribution in [-0.2, 0) is 4.79 Å². The number of rotatable bonds is 4. The minimum absolute atomic E-state index is 0.0541. The first-order valence-electron chi connectivity index (χ1n) is 7.54. The van der Waals surface area contributed by atoms with Crippen molar-refractivity contribution >= 4 is 21.8 Å². The summed E-state index contributed by atoms with van der Waals surface area (Å²) in [5, 5.41) is 0. The molecular weight excluding hydrogens is 351 g/mol. The molecule has 1 aliphatic rings. The number of carbonyl (C=O) groups excluding carboxylic acids is 1. The van der Waals surface area contributed by atoms with Gasteiger partial charge in [-0.25, -0.2) is 4.39 Å². The van der Waals surface area contributed by atoms with Crippen LogP contribution in [0.3, 0.4) is 0 Å². The highest BCUT2D eigenvalue weighted by atomic mass is 79.9. The molecule has 1 amide bonds. The Morgan fingerprint density at radius 1 is 1.50 bits per heavy atom. The van der Waals surface area contributed by atoms with E-state index >= 15 is 0 Å². The Balaban J connectivity index is 1.99. The third-order valence-corrected chi connectivity index (χ3v) is 4.68. The molecular formula is C16H22BrFN2O2. The first-order chi connectivity index (χ1) is 10.4. The standard InChI is InChI=1S/C16H22BrFN2O2/c1-10(19)12-4-3-7-20(9-12)16(21)11(2)22-15-6-5-13(18)8-14(15)17/h5-6,8,10-12H,3-4,7,9,19H2,1-2H3. The van der Waals surface area contributed by atoms with Gasteiger partial charge in [0.05, 0.1) is 4.47 Å². The second-order valence-electron chi connectivity index (χ2n) is 5.88. The molecule has 0 saturated carbocycles. The van der Waals surface area contributed by atoms with Gasteiger partial charge in [0.25, 0.3) is 5.91 Å². The number of nitrogens with zero attached hydrogens (tertiary/aromatic N) is 1. The molecule has 0 aromatic heterocycles. The molecule has 22 heavy (non-hydrogen) atoms. The fraction of sp³-hybridized carbons (Fsp3) is 0.562. The first-order valence-corrected chi connectivity index (χ1v) is 8.34. The summed E-state index contributed by atoms with van der Waals surface area (Å²) in [6, 6.07) is 4.23. The third kappa shape index (κ3) is 4.20. The van der Waals surface area contributed by atoms with Crippen molar-refractivity contribution in [2.45, 2.75) is 38.8 Å². The molecule has 122 valence electrons. The van der Waals surface area contributed by atoms with Gasteiger partial charge in [-0.3, -0.25) is 4.79 Å². The number of benzene rings is 1. The summed E-state index contributed by atoms with van der Waals surface area (Å²) < 4.78 is 19.3. The maximum atomic E-state index is 13.1. The minimum atomic E-state index is -0.617. The number of carbonyl (C=O) groups is 1. The molecule has 1 aliphatic heterocycles. The lowest BCUT2D eigenvalue weighted by Gasteiger charge is -2.35. The highest BCUT2D eigenvalue weighted by Gasteiger charge is 2.29. The second kappa shape index (κ2) is 7.42. The summed E-state index contributed by atoms with van der Waals surface area (Å²) in [7, 11) is 0. The molecule has 2 rings (SSSR count). The summed E-state index contributed by atoms with van der Waals surface area (Å²) in [6.07, 6.45) is 1.40. The number of halogens is 2. The van der Waals surface area contributed by atoms with Crippen LogP contribution in [0.4, 0.5) is 4.39 Å². The third-order valence-electron chi connectivity index (χ3n) is 4.06. The van der Waals surface area contributed by atoms with Gasteiger partial charge >= 0.3 is 0 Å². The molecule has 1 saturated heterocycles. The Bertz CT molecular complexity index is 539. The SMILES string of the molecule is CC(Oc1ccc(F)cc1Br)C(=O)N1CCCC(C(C)N)C1. The van der Waals surface area contributed by atoms with E-state index in [2.05, 4.69) is 15.9 Å². The number of nitrogens with two attached hydrogens (primary N) is 1. The zero-order valence-electron chi connectivity index (χ0n) is 12.9. The van der Waals surface area contributed by atoms with Crippen molar-refractivity contribution in [3.8, 4) is 5.75 Å². The Hall–Kier alpha value is -1.14. The van der Waals surface area contributed by atoms with E-state index < -0.39 is 6.10 Å². The van der Waals surface area contributed by atoms with Crippen molar-refractivity contribution < 1.29 is 13.9 Å². The highest BCUT2D eigenvalue weighted by molar-refractivity contribution is 9.10. The van der Waals surface area contributed by atoms with Gasteiger partial charge in [0.2, 0.25) is 0 Å². The van der Waals surface area contributed by atoms with Crippen molar-refractivity contribution in [3.05, 3.63) is 28.5 Å². The number of piperidine rings is 1. The van der Waals surface area contributed by atoms with E-state index in [9.17, 15) is 9.18 Å². The van der Waals surface area contributed by atoms with Crippen molar-refractivity contribution in [2.75, 3.05) is 13.1 Å². The molecule has 3 unspecified atom stereocenters. The first kappa shape index (κ1) is 17.2. The summed E-state index contributed by atoms with van der Waals surface area (Å²) in [5.74, 6) is 0.390. The zero-order valence-corrected chi connectivity index (χ0v) is 14.5. The van der Waals surface area contributed by atoms with Gasteiger partial charge in [-0.15, -0.1) is 0 Å². The number of hydrogen-bond donors (Lipinski definition) is 1. The van der Waals surface area contributed by atoms with E-state index in [-0.39, 0.29) is 17.8 Å². The van der Waals surface area contributed by atoms with Gasteiger partial charge in [0, 0.05) is 19.1 Å². The molecule has 0 spiro atoms. The van der Waals surface area contributed by atoms with Crippen LogP contribution in [0.1, 0.15) is 26.7 Å². The van der Waals surface area contributed by atoms with Gasteiger partial charge in [-0.2, -0.15) is 0 Å². The van der Waals surface area contributed by atoms with Crippen LogP contribution in [-0.4, -0.2) is 36.0 Å².